The monoisotopic (exact) mass is 455 g/mol. The number of hydrogen-bond donors (Lipinski definition) is 2. The molecule has 4 rings (SSSR count). The summed E-state index contributed by atoms with van der Waals surface area (Å²) >= 11 is 0. The third-order valence-electron chi connectivity index (χ3n) is 6.19. The molecule has 33 heavy (non-hydrogen) atoms. The Morgan fingerprint density at radius 2 is 1.82 bits per heavy atom. The topological polar surface area (TPSA) is 115 Å². The molecule has 176 valence electrons. The Balaban J connectivity index is 1.24. The zero-order chi connectivity index (χ0) is 23.4. The molecule has 1 atom stereocenters. The quantitative estimate of drug-likeness (QED) is 0.617. The van der Waals surface area contributed by atoms with Crippen LogP contribution in [-0.2, 0) is 20.7 Å². The predicted octanol–water partition coefficient (Wildman–Crippen LogP) is 1.71. The van der Waals surface area contributed by atoms with Crippen LogP contribution in [0.2, 0.25) is 0 Å². The number of amides is 5. The minimum absolute atomic E-state index is 0.0854. The number of para-hydroxylation sites is 1. The SMILES string of the molecule is CCOC(=O)N1CCN(C(=O)CC[C@H]2NC(=O)N(CCc3c[nH]c4ccccc34)C2=O)CC1. The molecule has 10 heteroatoms. The number of H-pyrrole nitrogens is 1. The number of ether oxygens (including phenoxy) is 1. The molecule has 0 unspecified atom stereocenters. The van der Waals surface area contributed by atoms with E-state index in [1.165, 1.54) is 4.90 Å². The first kappa shape index (κ1) is 22.6. The van der Waals surface area contributed by atoms with Crippen LogP contribution in [0.4, 0.5) is 9.59 Å². The van der Waals surface area contributed by atoms with Crippen molar-refractivity contribution in [2.45, 2.75) is 32.2 Å². The van der Waals surface area contributed by atoms with Crippen molar-refractivity contribution in [3.8, 4) is 0 Å². The lowest BCUT2D eigenvalue weighted by Crippen LogP contribution is -2.50. The molecule has 2 aromatic rings. The number of nitrogens with one attached hydrogen (secondary N) is 2. The summed E-state index contributed by atoms with van der Waals surface area (Å²) in [5.74, 6) is -0.377. The van der Waals surface area contributed by atoms with Crippen LogP contribution < -0.4 is 5.32 Å². The summed E-state index contributed by atoms with van der Waals surface area (Å²) in [7, 11) is 0. The highest BCUT2D eigenvalue weighted by Crippen LogP contribution is 2.20. The first-order valence-electron chi connectivity index (χ1n) is 11.3. The summed E-state index contributed by atoms with van der Waals surface area (Å²) < 4.78 is 4.99. The Labute approximate surface area is 191 Å². The van der Waals surface area contributed by atoms with Crippen LogP contribution in [0.25, 0.3) is 10.9 Å². The molecule has 2 fully saturated rings. The molecule has 2 aliphatic rings. The van der Waals surface area contributed by atoms with Crippen LogP contribution >= 0.6 is 0 Å². The maximum Gasteiger partial charge on any atom is 0.409 e. The number of imide groups is 1. The van der Waals surface area contributed by atoms with E-state index in [1.54, 1.807) is 16.7 Å². The molecule has 1 aromatic carbocycles. The number of rotatable bonds is 7. The lowest BCUT2D eigenvalue weighted by molar-refractivity contribution is -0.133. The molecule has 0 spiro atoms. The van der Waals surface area contributed by atoms with E-state index in [0.29, 0.717) is 39.2 Å². The van der Waals surface area contributed by atoms with E-state index in [4.69, 9.17) is 4.74 Å². The van der Waals surface area contributed by atoms with Gasteiger partial charge in [0.2, 0.25) is 5.91 Å². The van der Waals surface area contributed by atoms with Gasteiger partial charge in [-0.1, -0.05) is 18.2 Å². The molecule has 2 aliphatic heterocycles. The molecule has 0 radical (unpaired) electrons. The minimum Gasteiger partial charge on any atom is -0.450 e. The van der Waals surface area contributed by atoms with Gasteiger partial charge in [0.15, 0.2) is 0 Å². The molecule has 3 heterocycles. The Morgan fingerprint density at radius 3 is 2.58 bits per heavy atom. The van der Waals surface area contributed by atoms with Gasteiger partial charge in [0.25, 0.3) is 5.91 Å². The number of piperazine rings is 1. The van der Waals surface area contributed by atoms with Crippen molar-refractivity contribution in [1.82, 2.24) is 25.0 Å². The van der Waals surface area contributed by atoms with E-state index >= 15 is 0 Å². The van der Waals surface area contributed by atoms with Crippen LogP contribution in [0.1, 0.15) is 25.3 Å². The van der Waals surface area contributed by atoms with Gasteiger partial charge in [-0.15, -0.1) is 0 Å². The van der Waals surface area contributed by atoms with Crippen molar-refractivity contribution in [3.63, 3.8) is 0 Å². The minimum atomic E-state index is -0.690. The van der Waals surface area contributed by atoms with Gasteiger partial charge in [-0.05, 0) is 31.4 Å². The molecule has 2 saturated heterocycles. The van der Waals surface area contributed by atoms with Crippen LogP contribution in [0.3, 0.4) is 0 Å². The van der Waals surface area contributed by atoms with E-state index in [-0.39, 0.29) is 37.3 Å². The fourth-order valence-electron chi connectivity index (χ4n) is 4.33. The van der Waals surface area contributed by atoms with Crippen molar-refractivity contribution in [2.24, 2.45) is 0 Å². The number of aromatic amines is 1. The highest BCUT2D eigenvalue weighted by atomic mass is 16.6. The number of hydrogen-bond acceptors (Lipinski definition) is 5. The fraction of sp³-hybridized carbons (Fsp3) is 0.478. The van der Waals surface area contributed by atoms with Crippen molar-refractivity contribution >= 4 is 34.8 Å². The smallest absolute Gasteiger partial charge is 0.409 e. The van der Waals surface area contributed by atoms with Crippen molar-refractivity contribution in [2.75, 3.05) is 39.3 Å². The Bertz CT molecular complexity index is 1040. The molecule has 10 nitrogen and oxygen atoms in total. The summed E-state index contributed by atoms with van der Waals surface area (Å²) in [5, 5.41) is 3.78. The van der Waals surface area contributed by atoms with Gasteiger partial charge in [0.1, 0.15) is 6.04 Å². The van der Waals surface area contributed by atoms with Gasteiger partial charge < -0.3 is 24.8 Å². The summed E-state index contributed by atoms with van der Waals surface area (Å²) in [4.78, 5) is 57.2. The summed E-state index contributed by atoms with van der Waals surface area (Å²) in [5.41, 5.74) is 2.07. The van der Waals surface area contributed by atoms with Crippen molar-refractivity contribution in [1.29, 1.82) is 0 Å². The van der Waals surface area contributed by atoms with Crippen LogP contribution in [0.5, 0.6) is 0 Å². The maximum absolute atomic E-state index is 12.8. The number of nitrogens with zero attached hydrogens (tertiary/aromatic N) is 3. The van der Waals surface area contributed by atoms with E-state index in [0.717, 1.165) is 16.5 Å². The summed E-state index contributed by atoms with van der Waals surface area (Å²) in [6.07, 6.45) is 2.51. The van der Waals surface area contributed by atoms with E-state index < -0.39 is 12.1 Å². The average Bonchev–Trinajstić information content (AvgIpc) is 3.36. The van der Waals surface area contributed by atoms with E-state index in [1.807, 2.05) is 30.5 Å². The molecule has 0 bridgehead atoms. The van der Waals surface area contributed by atoms with Gasteiger partial charge >= 0.3 is 12.1 Å². The number of benzene rings is 1. The summed E-state index contributed by atoms with van der Waals surface area (Å²) in [6.45, 7) is 4.06. The first-order chi connectivity index (χ1) is 16.0. The number of carbonyl (C=O) groups is 4. The predicted molar refractivity (Wildman–Crippen MR) is 120 cm³/mol. The molecule has 0 aliphatic carbocycles. The molecule has 5 amide bonds. The first-order valence-corrected chi connectivity index (χ1v) is 11.3. The molecule has 1 aromatic heterocycles. The Morgan fingerprint density at radius 1 is 1.09 bits per heavy atom. The zero-order valence-corrected chi connectivity index (χ0v) is 18.7. The van der Waals surface area contributed by atoms with Crippen LogP contribution in [0.15, 0.2) is 30.5 Å². The standard InChI is InChI=1S/C23H29N5O5/c1-2-33-23(32)27-13-11-26(12-14-27)20(29)8-7-19-21(30)28(22(31)25-19)10-9-16-15-24-18-6-4-3-5-17(16)18/h3-6,15,19,24H,2,7-14H2,1H3,(H,25,31)/t19-/m1/s1. The van der Waals surface area contributed by atoms with E-state index in [2.05, 4.69) is 10.3 Å². The second kappa shape index (κ2) is 9.93. The maximum atomic E-state index is 12.8. The Hall–Kier alpha value is -3.56. The number of fused-ring (bicyclic) bond motifs is 1. The third-order valence-corrected chi connectivity index (χ3v) is 6.19. The van der Waals surface area contributed by atoms with Crippen LogP contribution in [-0.4, -0.2) is 89.0 Å². The molecule has 0 saturated carbocycles. The molecular weight excluding hydrogens is 426 g/mol. The second-order valence-electron chi connectivity index (χ2n) is 8.21. The average molecular weight is 456 g/mol. The molecule has 2 N–H and O–H groups in total. The highest BCUT2D eigenvalue weighted by Gasteiger charge is 2.38. The number of carbonyl (C=O) groups excluding carboxylic acids is 4. The van der Waals surface area contributed by atoms with E-state index in [9.17, 15) is 19.2 Å². The Kier molecular flexibility index (Phi) is 6.81. The fourth-order valence-corrected chi connectivity index (χ4v) is 4.33. The third kappa shape index (κ3) is 4.94. The van der Waals surface area contributed by atoms with Gasteiger partial charge in [-0.2, -0.15) is 0 Å². The lowest BCUT2D eigenvalue weighted by atomic mass is 10.1. The van der Waals surface area contributed by atoms with Gasteiger partial charge in [-0.25, -0.2) is 9.59 Å². The zero-order valence-electron chi connectivity index (χ0n) is 18.7. The molecular formula is C23H29N5O5. The number of urea groups is 1. The largest absolute Gasteiger partial charge is 0.450 e. The highest BCUT2D eigenvalue weighted by molar-refractivity contribution is 6.04. The van der Waals surface area contributed by atoms with Gasteiger partial charge in [0, 0.05) is 56.2 Å². The second-order valence-corrected chi connectivity index (χ2v) is 8.21. The summed E-state index contributed by atoms with van der Waals surface area (Å²) in [6, 6.07) is 6.79. The van der Waals surface area contributed by atoms with Crippen molar-refractivity contribution < 1.29 is 23.9 Å². The lowest BCUT2D eigenvalue weighted by Gasteiger charge is -2.34. The number of aromatic nitrogens is 1. The van der Waals surface area contributed by atoms with Gasteiger partial charge in [-0.3, -0.25) is 14.5 Å². The van der Waals surface area contributed by atoms with Gasteiger partial charge in [0.05, 0.1) is 6.61 Å². The van der Waals surface area contributed by atoms with Crippen LogP contribution in [0, 0.1) is 0 Å². The van der Waals surface area contributed by atoms with Crippen molar-refractivity contribution in [3.05, 3.63) is 36.0 Å². The normalized spacial score (nSPS) is 18.7.